The lowest BCUT2D eigenvalue weighted by atomic mass is 10.0. The van der Waals surface area contributed by atoms with Crippen molar-refractivity contribution in [2.45, 2.75) is 33.2 Å². The monoisotopic (exact) mass is 358 g/mol. The second kappa shape index (κ2) is 8.33. The molecule has 1 aromatic heterocycles. The predicted octanol–water partition coefficient (Wildman–Crippen LogP) is 3.07. The third-order valence-electron chi connectivity index (χ3n) is 3.80. The van der Waals surface area contributed by atoms with Gasteiger partial charge < -0.3 is 20.2 Å². The zero-order valence-electron chi connectivity index (χ0n) is 14.9. The minimum Gasteiger partial charge on any atom is -0.480 e. The van der Waals surface area contributed by atoms with Crippen molar-refractivity contribution in [1.82, 2.24) is 5.32 Å². The van der Waals surface area contributed by atoms with E-state index in [2.05, 4.69) is 10.6 Å². The molecule has 26 heavy (non-hydrogen) atoms. The highest BCUT2D eigenvalue weighted by Gasteiger charge is 2.22. The van der Waals surface area contributed by atoms with Crippen LogP contribution in [0.2, 0.25) is 0 Å². The fraction of sp³-hybridized carbons (Fsp3) is 0.316. The van der Waals surface area contributed by atoms with E-state index in [0.29, 0.717) is 12.1 Å². The summed E-state index contributed by atoms with van der Waals surface area (Å²) in [5.74, 6) is -1.74. The van der Waals surface area contributed by atoms with Crippen LogP contribution in [0.25, 0.3) is 0 Å². The molecular weight excluding hydrogens is 336 g/mol. The molecule has 0 aliphatic heterocycles. The molecule has 1 aromatic carbocycles. The second-order valence-corrected chi connectivity index (χ2v) is 6.45. The van der Waals surface area contributed by atoms with Gasteiger partial charge in [0, 0.05) is 11.3 Å². The molecular formula is C19H22N2O5. The van der Waals surface area contributed by atoms with E-state index >= 15 is 0 Å². The Morgan fingerprint density at radius 3 is 2.46 bits per heavy atom. The lowest BCUT2D eigenvalue weighted by Crippen LogP contribution is -2.41. The first kappa shape index (κ1) is 19.2. The van der Waals surface area contributed by atoms with Gasteiger partial charge in [-0.2, -0.15) is 0 Å². The number of hydrogen-bond acceptors (Lipinski definition) is 4. The maximum Gasteiger partial charge on any atom is 0.326 e. The summed E-state index contributed by atoms with van der Waals surface area (Å²) in [5, 5.41) is 14.5. The summed E-state index contributed by atoms with van der Waals surface area (Å²) in [4.78, 5) is 35.8. The van der Waals surface area contributed by atoms with Crippen LogP contribution < -0.4 is 10.6 Å². The first-order valence-electron chi connectivity index (χ1n) is 8.27. The van der Waals surface area contributed by atoms with Crippen molar-refractivity contribution in [1.29, 1.82) is 0 Å². The van der Waals surface area contributed by atoms with Gasteiger partial charge in [0.25, 0.3) is 11.8 Å². The first-order chi connectivity index (χ1) is 12.3. The molecule has 0 saturated carbocycles. The first-order valence-corrected chi connectivity index (χ1v) is 8.27. The van der Waals surface area contributed by atoms with Crippen molar-refractivity contribution in [3.63, 3.8) is 0 Å². The highest BCUT2D eigenvalue weighted by atomic mass is 16.4. The molecule has 2 amide bonds. The third kappa shape index (κ3) is 4.95. The number of carbonyl (C=O) groups is 3. The van der Waals surface area contributed by atoms with E-state index in [9.17, 15) is 19.5 Å². The largest absolute Gasteiger partial charge is 0.480 e. The second-order valence-electron chi connectivity index (χ2n) is 6.45. The van der Waals surface area contributed by atoms with Gasteiger partial charge in [0.2, 0.25) is 0 Å². The van der Waals surface area contributed by atoms with Crippen molar-refractivity contribution < 1.29 is 23.9 Å². The van der Waals surface area contributed by atoms with Gasteiger partial charge in [0.1, 0.15) is 6.04 Å². The summed E-state index contributed by atoms with van der Waals surface area (Å²) in [6.45, 7) is 5.56. The molecule has 0 unspecified atom stereocenters. The zero-order valence-corrected chi connectivity index (χ0v) is 14.9. The Morgan fingerprint density at radius 1 is 1.15 bits per heavy atom. The molecule has 0 saturated heterocycles. The lowest BCUT2D eigenvalue weighted by molar-refractivity contribution is -0.139. The van der Waals surface area contributed by atoms with Gasteiger partial charge >= 0.3 is 5.97 Å². The summed E-state index contributed by atoms with van der Waals surface area (Å²) in [5.41, 5.74) is 1.48. The van der Waals surface area contributed by atoms with Crippen LogP contribution >= 0.6 is 0 Å². The molecule has 2 aromatic rings. The number of benzene rings is 1. The fourth-order valence-electron chi connectivity index (χ4n) is 2.42. The van der Waals surface area contributed by atoms with Gasteiger partial charge in [-0.25, -0.2) is 4.79 Å². The molecule has 7 nitrogen and oxygen atoms in total. The molecule has 0 radical (unpaired) electrons. The SMILES string of the molecule is Cc1ccc(C(=O)N[C@H](CC(C)C)C(=O)O)cc1NC(=O)c1ccco1. The van der Waals surface area contributed by atoms with E-state index in [1.165, 1.54) is 18.4 Å². The third-order valence-corrected chi connectivity index (χ3v) is 3.80. The summed E-state index contributed by atoms with van der Waals surface area (Å²) >= 11 is 0. The molecule has 1 atom stereocenters. The minimum absolute atomic E-state index is 0.123. The summed E-state index contributed by atoms with van der Waals surface area (Å²) < 4.78 is 5.04. The average Bonchev–Trinajstić information content (AvgIpc) is 3.10. The van der Waals surface area contributed by atoms with E-state index in [1.807, 2.05) is 13.8 Å². The van der Waals surface area contributed by atoms with Gasteiger partial charge in [-0.05, 0) is 49.1 Å². The molecule has 7 heteroatoms. The Kier molecular flexibility index (Phi) is 6.16. The normalized spacial score (nSPS) is 11.8. The predicted molar refractivity (Wildman–Crippen MR) is 96.2 cm³/mol. The van der Waals surface area contributed by atoms with E-state index in [1.54, 1.807) is 25.1 Å². The number of furan rings is 1. The van der Waals surface area contributed by atoms with Gasteiger partial charge in [-0.3, -0.25) is 9.59 Å². The number of aryl methyl sites for hydroxylation is 1. The standard InChI is InChI=1S/C19H22N2O5/c1-11(2)9-15(19(24)25)21-17(22)13-7-6-12(3)14(10-13)20-18(23)16-5-4-8-26-16/h4-8,10-11,15H,9H2,1-3H3,(H,20,23)(H,21,22)(H,24,25)/t15-/m1/s1. The van der Waals surface area contributed by atoms with E-state index < -0.39 is 23.8 Å². The van der Waals surface area contributed by atoms with Gasteiger partial charge in [-0.15, -0.1) is 0 Å². The molecule has 1 heterocycles. The Morgan fingerprint density at radius 2 is 1.88 bits per heavy atom. The van der Waals surface area contributed by atoms with E-state index in [-0.39, 0.29) is 17.2 Å². The molecule has 3 N–H and O–H groups in total. The van der Waals surface area contributed by atoms with Crippen LogP contribution in [0.15, 0.2) is 41.0 Å². The molecule has 138 valence electrons. The Bertz CT molecular complexity index is 796. The maximum absolute atomic E-state index is 12.4. The summed E-state index contributed by atoms with van der Waals surface area (Å²) in [7, 11) is 0. The molecule has 2 rings (SSSR count). The van der Waals surface area contributed by atoms with Crippen LogP contribution in [0.1, 0.15) is 46.7 Å². The number of amides is 2. The zero-order chi connectivity index (χ0) is 19.3. The number of carboxylic acids is 1. The average molecular weight is 358 g/mol. The molecule has 0 aliphatic rings. The smallest absolute Gasteiger partial charge is 0.326 e. The number of carboxylic acid groups (broad SMARTS) is 1. The molecule has 0 bridgehead atoms. The van der Waals surface area contributed by atoms with Crippen LogP contribution in [-0.2, 0) is 4.79 Å². The topological polar surface area (TPSA) is 109 Å². The Hall–Kier alpha value is -3.09. The Balaban J connectivity index is 2.15. The minimum atomic E-state index is -1.08. The van der Waals surface area contributed by atoms with Gasteiger partial charge in [0.15, 0.2) is 5.76 Å². The van der Waals surface area contributed by atoms with Crippen molar-refractivity contribution in [2.24, 2.45) is 5.92 Å². The number of anilines is 1. The van der Waals surface area contributed by atoms with E-state index in [4.69, 9.17) is 4.42 Å². The Labute approximate surface area is 151 Å². The number of carbonyl (C=O) groups excluding carboxylic acids is 2. The van der Waals surface area contributed by atoms with Gasteiger partial charge in [0.05, 0.1) is 6.26 Å². The van der Waals surface area contributed by atoms with Crippen molar-refractivity contribution in [3.05, 3.63) is 53.5 Å². The van der Waals surface area contributed by atoms with Crippen LogP contribution in [0.5, 0.6) is 0 Å². The van der Waals surface area contributed by atoms with Crippen LogP contribution in [0.3, 0.4) is 0 Å². The highest BCUT2D eigenvalue weighted by Crippen LogP contribution is 2.19. The van der Waals surface area contributed by atoms with Gasteiger partial charge in [-0.1, -0.05) is 19.9 Å². The molecule has 0 spiro atoms. The summed E-state index contributed by atoms with van der Waals surface area (Å²) in [6, 6.07) is 6.95. The number of rotatable bonds is 7. The molecule has 0 aliphatic carbocycles. The van der Waals surface area contributed by atoms with E-state index in [0.717, 1.165) is 5.56 Å². The maximum atomic E-state index is 12.4. The number of hydrogen-bond donors (Lipinski definition) is 3. The lowest BCUT2D eigenvalue weighted by Gasteiger charge is -2.17. The highest BCUT2D eigenvalue weighted by molar-refractivity contribution is 6.04. The number of nitrogens with one attached hydrogen (secondary N) is 2. The number of aliphatic carboxylic acids is 1. The summed E-state index contributed by atoms with van der Waals surface area (Å²) in [6.07, 6.45) is 1.72. The van der Waals surface area contributed by atoms with Crippen molar-refractivity contribution in [2.75, 3.05) is 5.32 Å². The fourth-order valence-corrected chi connectivity index (χ4v) is 2.42. The van der Waals surface area contributed by atoms with Crippen LogP contribution in [-0.4, -0.2) is 28.9 Å². The van der Waals surface area contributed by atoms with Crippen molar-refractivity contribution in [3.8, 4) is 0 Å². The molecule has 0 fully saturated rings. The van der Waals surface area contributed by atoms with Crippen LogP contribution in [0, 0.1) is 12.8 Å². The quantitative estimate of drug-likeness (QED) is 0.705. The van der Waals surface area contributed by atoms with Crippen molar-refractivity contribution >= 4 is 23.5 Å². The van der Waals surface area contributed by atoms with Crippen LogP contribution in [0.4, 0.5) is 5.69 Å².